The van der Waals surface area contributed by atoms with Crippen LogP contribution < -0.4 is 5.73 Å². The van der Waals surface area contributed by atoms with Gasteiger partial charge in [0.15, 0.2) is 0 Å². The Kier molecular flexibility index (Phi) is 4.01. The molecule has 0 spiro atoms. The van der Waals surface area contributed by atoms with E-state index in [2.05, 4.69) is 12.0 Å². The number of halogens is 3. The maximum absolute atomic E-state index is 12.5. The summed E-state index contributed by atoms with van der Waals surface area (Å²) in [5.74, 6) is 0.427. The number of unbranched alkanes of at least 4 members (excludes halogenated alkanes) is 1. The van der Waals surface area contributed by atoms with Gasteiger partial charge in [-0.2, -0.15) is 18.3 Å². The molecule has 6 heteroatoms. The van der Waals surface area contributed by atoms with Crippen LogP contribution in [0.2, 0.25) is 0 Å². The van der Waals surface area contributed by atoms with E-state index in [0.717, 1.165) is 37.1 Å². The zero-order chi connectivity index (χ0) is 14.8. The van der Waals surface area contributed by atoms with Crippen LogP contribution in [0.3, 0.4) is 0 Å². The van der Waals surface area contributed by atoms with Crippen molar-refractivity contribution in [3.05, 3.63) is 41.6 Å². The molecule has 0 saturated carbocycles. The molecule has 0 unspecified atom stereocenters. The van der Waals surface area contributed by atoms with Crippen molar-refractivity contribution >= 4 is 5.82 Å². The topological polar surface area (TPSA) is 43.8 Å². The Morgan fingerprint density at radius 2 is 1.85 bits per heavy atom. The SMILES string of the molecule is CCCCc1cc(N)n(-c2ccc(C(F)(F)F)cc2)n1. The number of alkyl halides is 3. The van der Waals surface area contributed by atoms with E-state index >= 15 is 0 Å². The number of nitrogen functional groups attached to an aromatic ring is 1. The van der Waals surface area contributed by atoms with Crippen molar-refractivity contribution in [3.8, 4) is 5.69 Å². The molecule has 0 saturated heterocycles. The fourth-order valence-corrected chi connectivity index (χ4v) is 1.93. The first kappa shape index (κ1) is 14.4. The second-order valence-corrected chi connectivity index (χ2v) is 4.62. The van der Waals surface area contributed by atoms with Gasteiger partial charge in [-0.1, -0.05) is 13.3 Å². The van der Waals surface area contributed by atoms with Crippen molar-refractivity contribution in [3.63, 3.8) is 0 Å². The Morgan fingerprint density at radius 3 is 2.40 bits per heavy atom. The summed E-state index contributed by atoms with van der Waals surface area (Å²) in [5, 5.41) is 4.32. The van der Waals surface area contributed by atoms with E-state index < -0.39 is 11.7 Å². The molecule has 1 heterocycles. The summed E-state index contributed by atoms with van der Waals surface area (Å²) in [6.07, 6.45) is -1.47. The van der Waals surface area contributed by atoms with Crippen molar-refractivity contribution in [2.75, 3.05) is 5.73 Å². The van der Waals surface area contributed by atoms with Crippen molar-refractivity contribution in [2.45, 2.75) is 32.4 Å². The number of nitrogens with two attached hydrogens (primary N) is 1. The standard InChI is InChI=1S/C14H16F3N3/c1-2-3-4-11-9-13(18)20(19-11)12-7-5-10(6-8-12)14(15,16)17/h5-9H,2-4,18H2,1H3. The van der Waals surface area contributed by atoms with Crippen LogP contribution in [0.5, 0.6) is 0 Å². The molecule has 2 N–H and O–H groups in total. The highest BCUT2D eigenvalue weighted by molar-refractivity contribution is 5.44. The van der Waals surface area contributed by atoms with Crippen LogP contribution >= 0.6 is 0 Å². The monoisotopic (exact) mass is 283 g/mol. The van der Waals surface area contributed by atoms with Crippen LogP contribution in [0.15, 0.2) is 30.3 Å². The van der Waals surface area contributed by atoms with E-state index in [1.54, 1.807) is 6.07 Å². The quantitative estimate of drug-likeness (QED) is 0.927. The van der Waals surface area contributed by atoms with Crippen LogP contribution in [0, 0.1) is 0 Å². The Bertz CT molecular complexity index is 570. The third kappa shape index (κ3) is 3.12. The third-order valence-electron chi connectivity index (χ3n) is 3.01. The number of benzene rings is 1. The van der Waals surface area contributed by atoms with Gasteiger partial charge in [-0.25, -0.2) is 4.68 Å². The molecule has 20 heavy (non-hydrogen) atoms. The molecule has 0 bridgehead atoms. The fraction of sp³-hybridized carbons (Fsp3) is 0.357. The molecule has 1 aromatic carbocycles. The first-order chi connectivity index (χ1) is 9.41. The molecule has 0 amide bonds. The summed E-state index contributed by atoms with van der Waals surface area (Å²) < 4.78 is 39.0. The average molecular weight is 283 g/mol. The van der Waals surface area contributed by atoms with E-state index in [0.29, 0.717) is 11.5 Å². The molecule has 0 radical (unpaired) electrons. The fourth-order valence-electron chi connectivity index (χ4n) is 1.93. The summed E-state index contributed by atoms with van der Waals surface area (Å²) in [7, 11) is 0. The van der Waals surface area contributed by atoms with Crippen molar-refractivity contribution < 1.29 is 13.2 Å². The van der Waals surface area contributed by atoms with Gasteiger partial charge in [0.05, 0.1) is 16.9 Å². The van der Waals surface area contributed by atoms with Gasteiger partial charge in [0.2, 0.25) is 0 Å². The van der Waals surface area contributed by atoms with E-state index in [1.807, 2.05) is 0 Å². The summed E-state index contributed by atoms with van der Waals surface area (Å²) in [6.45, 7) is 2.08. The first-order valence-electron chi connectivity index (χ1n) is 6.44. The van der Waals surface area contributed by atoms with Crippen molar-refractivity contribution in [2.24, 2.45) is 0 Å². The molecule has 0 atom stereocenters. The Morgan fingerprint density at radius 1 is 1.20 bits per heavy atom. The van der Waals surface area contributed by atoms with Crippen molar-refractivity contribution in [1.82, 2.24) is 9.78 Å². The summed E-state index contributed by atoms with van der Waals surface area (Å²) in [4.78, 5) is 0. The van der Waals surface area contributed by atoms with Crippen LogP contribution in [0.25, 0.3) is 5.69 Å². The lowest BCUT2D eigenvalue weighted by Gasteiger charge is -2.08. The number of anilines is 1. The lowest BCUT2D eigenvalue weighted by atomic mass is 10.2. The van der Waals surface area contributed by atoms with Gasteiger partial charge in [-0.15, -0.1) is 0 Å². The summed E-state index contributed by atoms with van der Waals surface area (Å²) >= 11 is 0. The predicted molar refractivity (Wildman–Crippen MR) is 71.6 cm³/mol. The second-order valence-electron chi connectivity index (χ2n) is 4.62. The second kappa shape index (κ2) is 5.56. The lowest BCUT2D eigenvalue weighted by molar-refractivity contribution is -0.137. The number of hydrogen-bond donors (Lipinski definition) is 1. The first-order valence-corrected chi connectivity index (χ1v) is 6.44. The Hall–Kier alpha value is -1.98. The molecule has 3 nitrogen and oxygen atoms in total. The molecule has 0 fully saturated rings. The van der Waals surface area contributed by atoms with Gasteiger partial charge in [0.1, 0.15) is 5.82 Å². The smallest absolute Gasteiger partial charge is 0.384 e. The molecule has 2 aromatic rings. The van der Waals surface area contributed by atoms with Crippen molar-refractivity contribution in [1.29, 1.82) is 0 Å². The maximum Gasteiger partial charge on any atom is 0.416 e. The van der Waals surface area contributed by atoms with Gasteiger partial charge in [0, 0.05) is 6.07 Å². The van der Waals surface area contributed by atoms with Gasteiger partial charge >= 0.3 is 6.18 Å². The average Bonchev–Trinajstić information content (AvgIpc) is 2.77. The normalized spacial score (nSPS) is 11.8. The highest BCUT2D eigenvalue weighted by Gasteiger charge is 2.30. The number of rotatable bonds is 4. The zero-order valence-electron chi connectivity index (χ0n) is 11.1. The summed E-state index contributed by atoms with van der Waals surface area (Å²) in [6, 6.07) is 6.56. The minimum Gasteiger partial charge on any atom is -0.384 e. The minimum absolute atomic E-state index is 0.427. The van der Waals surface area contributed by atoms with Crippen LogP contribution in [-0.2, 0) is 12.6 Å². The van der Waals surface area contributed by atoms with Gasteiger partial charge < -0.3 is 5.73 Å². The Labute approximate surface area is 115 Å². The maximum atomic E-state index is 12.5. The number of aryl methyl sites for hydroxylation is 1. The van der Waals surface area contributed by atoms with Gasteiger partial charge in [-0.3, -0.25) is 0 Å². The largest absolute Gasteiger partial charge is 0.416 e. The van der Waals surface area contributed by atoms with Gasteiger partial charge in [-0.05, 0) is 37.1 Å². The summed E-state index contributed by atoms with van der Waals surface area (Å²) in [5.41, 5.74) is 6.54. The molecule has 0 aliphatic heterocycles. The molecule has 2 rings (SSSR count). The highest BCUT2D eigenvalue weighted by Crippen LogP contribution is 2.29. The van der Waals surface area contributed by atoms with E-state index in [-0.39, 0.29) is 0 Å². The van der Waals surface area contributed by atoms with Gasteiger partial charge in [0.25, 0.3) is 0 Å². The molecular weight excluding hydrogens is 267 g/mol. The Balaban J connectivity index is 2.25. The third-order valence-corrected chi connectivity index (χ3v) is 3.01. The number of hydrogen-bond acceptors (Lipinski definition) is 2. The predicted octanol–water partition coefficient (Wildman–Crippen LogP) is 3.82. The molecule has 0 aliphatic rings. The molecule has 1 aromatic heterocycles. The van der Waals surface area contributed by atoms with E-state index in [1.165, 1.54) is 16.8 Å². The molecule has 108 valence electrons. The van der Waals surface area contributed by atoms with Crippen LogP contribution in [-0.4, -0.2) is 9.78 Å². The number of nitrogens with zero attached hydrogens (tertiary/aromatic N) is 2. The minimum atomic E-state index is -4.33. The highest BCUT2D eigenvalue weighted by atomic mass is 19.4. The zero-order valence-corrected chi connectivity index (χ0v) is 11.1. The van der Waals surface area contributed by atoms with Crippen LogP contribution in [0.1, 0.15) is 31.0 Å². The molecular formula is C14H16F3N3. The van der Waals surface area contributed by atoms with E-state index in [9.17, 15) is 13.2 Å². The molecule has 0 aliphatic carbocycles. The van der Waals surface area contributed by atoms with E-state index in [4.69, 9.17) is 5.73 Å². The van der Waals surface area contributed by atoms with Crippen LogP contribution in [0.4, 0.5) is 19.0 Å². The lowest BCUT2D eigenvalue weighted by Crippen LogP contribution is -2.06. The number of aromatic nitrogens is 2.